The Morgan fingerprint density at radius 3 is 2.62 bits per heavy atom. The fourth-order valence-electron chi connectivity index (χ4n) is 4.58. The van der Waals surface area contributed by atoms with Gasteiger partial charge in [-0.1, -0.05) is 24.3 Å². The molecule has 5 heteroatoms. The second kappa shape index (κ2) is 8.50. The summed E-state index contributed by atoms with van der Waals surface area (Å²) in [5.74, 6) is 0.627. The van der Waals surface area contributed by atoms with Crippen molar-refractivity contribution in [1.82, 2.24) is 9.88 Å². The Morgan fingerprint density at radius 1 is 1.06 bits per heavy atom. The Kier molecular flexibility index (Phi) is 5.39. The van der Waals surface area contributed by atoms with Crippen LogP contribution in [-0.2, 0) is 24.2 Å². The zero-order valence-electron chi connectivity index (χ0n) is 18.0. The van der Waals surface area contributed by atoms with Crippen molar-refractivity contribution in [3.63, 3.8) is 0 Å². The summed E-state index contributed by atoms with van der Waals surface area (Å²) in [6, 6.07) is 20.8. The summed E-state index contributed by atoms with van der Waals surface area (Å²) in [5.41, 5.74) is 6.29. The summed E-state index contributed by atoms with van der Waals surface area (Å²) >= 11 is 0. The number of aromatic nitrogens is 1. The number of rotatable bonds is 5. The first-order chi connectivity index (χ1) is 15.6. The summed E-state index contributed by atoms with van der Waals surface area (Å²) in [5, 5.41) is 0.826. The van der Waals surface area contributed by atoms with Gasteiger partial charge in [-0.3, -0.25) is 4.79 Å². The lowest BCUT2D eigenvalue weighted by Gasteiger charge is -2.29. The molecule has 1 aliphatic rings. The van der Waals surface area contributed by atoms with E-state index in [2.05, 4.69) is 17.1 Å². The van der Waals surface area contributed by atoms with Gasteiger partial charge in [-0.05, 0) is 77.6 Å². The van der Waals surface area contributed by atoms with Gasteiger partial charge in [0.15, 0.2) is 0 Å². The first-order valence-corrected chi connectivity index (χ1v) is 10.9. The third-order valence-corrected chi connectivity index (χ3v) is 6.32. The predicted molar refractivity (Wildman–Crippen MR) is 124 cm³/mol. The van der Waals surface area contributed by atoms with Crippen LogP contribution in [0.4, 0.5) is 4.39 Å². The Balaban J connectivity index is 1.41. The molecule has 1 aromatic heterocycles. The molecule has 0 atom stereocenters. The highest BCUT2D eigenvalue weighted by atomic mass is 19.1. The lowest BCUT2D eigenvalue weighted by atomic mass is 9.98. The molecule has 32 heavy (non-hydrogen) atoms. The molecule has 0 unspecified atom stereocenters. The number of hydrogen-bond acceptors (Lipinski definition) is 2. The van der Waals surface area contributed by atoms with Crippen molar-refractivity contribution < 1.29 is 13.9 Å². The number of carbonyl (C=O) groups excluding carboxylic acids is 1. The maximum atomic E-state index is 14.1. The molecular weight excluding hydrogens is 403 g/mol. The average molecular weight is 429 g/mol. The van der Waals surface area contributed by atoms with Gasteiger partial charge in [0.1, 0.15) is 11.6 Å². The molecule has 0 bridgehead atoms. The minimum Gasteiger partial charge on any atom is -0.497 e. The first kappa shape index (κ1) is 20.3. The molecule has 162 valence electrons. The van der Waals surface area contributed by atoms with Gasteiger partial charge in [0, 0.05) is 36.1 Å². The van der Waals surface area contributed by atoms with Crippen LogP contribution in [0.2, 0.25) is 0 Å². The quantitative estimate of drug-likeness (QED) is 0.456. The predicted octanol–water partition coefficient (Wildman–Crippen LogP) is 5.50. The zero-order chi connectivity index (χ0) is 22.1. The van der Waals surface area contributed by atoms with E-state index >= 15 is 0 Å². The number of nitrogens with zero attached hydrogens (tertiary/aromatic N) is 1. The topological polar surface area (TPSA) is 45.3 Å². The van der Waals surface area contributed by atoms with Gasteiger partial charge in [-0.25, -0.2) is 4.39 Å². The molecule has 5 rings (SSSR count). The molecule has 0 radical (unpaired) electrons. The van der Waals surface area contributed by atoms with Crippen LogP contribution in [0, 0.1) is 5.82 Å². The summed E-state index contributed by atoms with van der Waals surface area (Å²) in [6.45, 7) is 1.40. The molecule has 0 saturated carbocycles. The van der Waals surface area contributed by atoms with Gasteiger partial charge < -0.3 is 14.6 Å². The van der Waals surface area contributed by atoms with E-state index < -0.39 is 0 Å². The zero-order valence-corrected chi connectivity index (χ0v) is 18.0. The molecular formula is C27H25FN2O2. The number of methoxy groups -OCH3 is 1. The van der Waals surface area contributed by atoms with E-state index in [0.717, 1.165) is 46.4 Å². The number of nitrogens with one attached hydrogen (secondary N) is 1. The van der Waals surface area contributed by atoms with Gasteiger partial charge in [-0.15, -0.1) is 0 Å². The van der Waals surface area contributed by atoms with Crippen LogP contribution < -0.4 is 4.74 Å². The second-order valence-electron chi connectivity index (χ2n) is 8.23. The Hall–Kier alpha value is -3.60. The van der Waals surface area contributed by atoms with Gasteiger partial charge in [0.05, 0.1) is 7.11 Å². The minimum absolute atomic E-state index is 0.130. The second-order valence-corrected chi connectivity index (χ2v) is 8.23. The van der Waals surface area contributed by atoms with Crippen molar-refractivity contribution in [3.8, 4) is 17.0 Å². The Labute approximate surface area is 186 Å². The molecule has 4 nitrogen and oxygen atoms in total. The highest BCUT2D eigenvalue weighted by Gasteiger charge is 2.22. The van der Waals surface area contributed by atoms with Crippen LogP contribution >= 0.6 is 0 Å². The molecule has 1 amide bonds. The fourth-order valence-corrected chi connectivity index (χ4v) is 4.58. The highest BCUT2D eigenvalue weighted by molar-refractivity contribution is 5.91. The van der Waals surface area contributed by atoms with Gasteiger partial charge in [0.2, 0.25) is 5.91 Å². The highest BCUT2D eigenvalue weighted by Crippen LogP contribution is 2.33. The first-order valence-electron chi connectivity index (χ1n) is 10.9. The van der Waals surface area contributed by atoms with Crippen molar-refractivity contribution in [3.05, 3.63) is 89.2 Å². The summed E-state index contributed by atoms with van der Waals surface area (Å²) in [4.78, 5) is 18.4. The number of carbonyl (C=O) groups is 1. The normalized spacial score (nSPS) is 13.2. The molecule has 0 spiro atoms. The molecule has 0 aliphatic carbocycles. The number of hydrogen-bond donors (Lipinski definition) is 1. The smallest absolute Gasteiger partial charge is 0.223 e. The van der Waals surface area contributed by atoms with Crippen molar-refractivity contribution in [2.45, 2.75) is 25.8 Å². The number of aromatic amines is 1. The number of fused-ring (bicyclic) bond motifs is 2. The summed E-state index contributed by atoms with van der Waals surface area (Å²) < 4.78 is 19.3. The van der Waals surface area contributed by atoms with E-state index in [1.54, 1.807) is 19.2 Å². The minimum atomic E-state index is -0.280. The third-order valence-electron chi connectivity index (χ3n) is 6.32. The van der Waals surface area contributed by atoms with E-state index in [1.807, 2.05) is 41.3 Å². The van der Waals surface area contributed by atoms with Gasteiger partial charge in [0.25, 0.3) is 0 Å². The number of ether oxygens (including phenoxy) is 1. The lowest BCUT2D eigenvalue weighted by Crippen LogP contribution is -2.36. The van der Waals surface area contributed by atoms with Gasteiger partial charge >= 0.3 is 0 Å². The van der Waals surface area contributed by atoms with Crippen molar-refractivity contribution in [2.75, 3.05) is 13.7 Å². The van der Waals surface area contributed by atoms with Crippen LogP contribution in [0.15, 0.2) is 66.7 Å². The number of halogens is 1. The molecule has 1 N–H and O–H groups in total. The fraction of sp³-hybridized carbons (Fsp3) is 0.222. The van der Waals surface area contributed by atoms with E-state index in [4.69, 9.17) is 4.74 Å². The van der Waals surface area contributed by atoms with Crippen LogP contribution in [0.3, 0.4) is 0 Å². The molecule has 0 fully saturated rings. The van der Waals surface area contributed by atoms with Crippen LogP contribution in [0.25, 0.3) is 22.2 Å². The maximum absolute atomic E-state index is 14.1. The summed E-state index contributed by atoms with van der Waals surface area (Å²) in [6.07, 6.45) is 1.81. The molecule has 1 aliphatic heterocycles. The van der Waals surface area contributed by atoms with Crippen LogP contribution in [-0.4, -0.2) is 29.4 Å². The molecule has 4 aromatic rings. The average Bonchev–Trinajstić information content (AvgIpc) is 3.19. The lowest BCUT2D eigenvalue weighted by molar-refractivity contribution is -0.132. The monoisotopic (exact) mass is 428 g/mol. The number of aryl methyl sites for hydroxylation is 1. The summed E-state index contributed by atoms with van der Waals surface area (Å²) in [7, 11) is 1.64. The SMILES string of the molecule is COc1ccc(-c2[nH]c3ccc(F)cc3c2CCC(=O)N2CCc3ccccc3C2)cc1. The van der Waals surface area contributed by atoms with Crippen molar-refractivity contribution in [2.24, 2.45) is 0 Å². The molecule has 0 saturated heterocycles. The van der Waals surface area contributed by atoms with Gasteiger partial charge in [-0.2, -0.15) is 0 Å². The number of H-pyrrole nitrogens is 1. The standard InChI is InChI=1S/C27H25FN2O2/c1-32-22-9-6-19(7-10-22)27-23(24-16-21(28)8-12-25(24)29-27)11-13-26(31)30-15-14-18-4-2-3-5-20(18)17-30/h2-10,12,16,29H,11,13-15,17H2,1H3. The van der Waals surface area contributed by atoms with Crippen molar-refractivity contribution >= 4 is 16.8 Å². The Morgan fingerprint density at radius 2 is 1.84 bits per heavy atom. The van der Waals surface area contributed by atoms with E-state index in [1.165, 1.54) is 17.2 Å². The largest absolute Gasteiger partial charge is 0.497 e. The maximum Gasteiger partial charge on any atom is 0.223 e. The molecule has 3 aromatic carbocycles. The van der Waals surface area contributed by atoms with E-state index in [-0.39, 0.29) is 11.7 Å². The number of amides is 1. The van der Waals surface area contributed by atoms with Crippen LogP contribution in [0.5, 0.6) is 5.75 Å². The molecule has 2 heterocycles. The van der Waals surface area contributed by atoms with Crippen LogP contribution in [0.1, 0.15) is 23.1 Å². The van der Waals surface area contributed by atoms with E-state index in [9.17, 15) is 9.18 Å². The Bertz CT molecular complexity index is 1280. The van der Waals surface area contributed by atoms with Crippen molar-refractivity contribution in [1.29, 1.82) is 0 Å². The van der Waals surface area contributed by atoms with E-state index in [0.29, 0.717) is 19.4 Å². The third kappa shape index (κ3) is 3.86. The number of benzene rings is 3.